The van der Waals surface area contributed by atoms with Gasteiger partial charge >= 0.3 is 0 Å². The van der Waals surface area contributed by atoms with Gasteiger partial charge in [-0.15, -0.1) is 0 Å². The molecule has 0 amide bonds. The molecule has 0 saturated carbocycles. The van der Waals surface area contributed by atoms with Crippen LogP contribution < -0.4 is 10.6 Å². The summed E-state index contributed by atoms with van der Waals surface area (Å²) in [6.45, 7) is 3.72. The molecular weight excluding hydrogens is 228 g/mol. The number of thiocarbonyl (C=S) groups is 1. The number of ether oxygens (including phenoxy) is 1. The third kappa shape index (κ3) is 5.04. The summed E-state index contributed by atoms with van der Waals surface area (Å²) in [6, 6.07) is 0. The average molecular weight is 244 g/mol. The third-order valence-corrected chi connectivity index (χ3v) is 2.08. The quantitative estimate of drug-likeness (QED) is 0.553. The van der Waals surface area contributed by atoms with E-state index < -0.39 is 0 Å². The summed E-state index contributed by atoms with van der Waals surface area (Å²) < 4.78 is 9.75. The fourth-order valence-corrected chi connectivity index (χ4v) is 1.23. The topological polar surface area (TPSA) is 72.2 Å². The molecule has 0 unspecified atom stereocenters. The first-order valence-electron chi connectivity index (χ1n) is 5.02. The summed E-state index contributed by atoms with van der Waals surface area (Å²) in [4.78, 5) is 4.04. The van der Waals surface area contributed by atoms with Crippen LogP contribution in [0.4, 0.5) is 0 Å². The van der Waals surface area contributed by atoms with Crippen LogP contribution >= 0.6 is 12.2 Å². The van der Waals surface area contributed by atoms with E-state index in [1.807, 2.05) is 0 Å². The van der Waals surface area contributed by atoms with Gasteiger partial charge in [-0.3, -0.25) is 0 Å². The highest BCUT2D eigenvalue weighted by molar-refractivity contribution is 7.80. The Morgan fingerprint density at radius 1 is 1.50 bits per heavy atom. The number of hydrogen-bond acceptors (Lipinski definition) is 5. The summed E-state index contributed by atoms with van der Waals surface area (Å²) in [6.07, 6.45) is 0.916. The van der Waals surface area contributed by atoms with Crippen molar-refractivity contribution in [2.24, 2.45) is 0 Å². The maximum absolute atomic E-state index is 5.06. The van der Waals surface area contributed by atoms with Crippen molar-refractivity contribution >= 4 is 17.3 Å². The molecule has 0 radical (unpaired) electrons. The van der Waals surface area contributed by atoms with Crippen LogP contribution in [-0.4, -0.2) is 35.5 Å². The molecule has 7 heteroatoms. The van der Waals surface area contributed by atoms with Crippen LogP contribution in [0.5, 0.6) is 0 Å². The Labute approximate surface area is 99.7 Å². The first-order valence-corrected chi connectivity index (χ1v) is 5.43. The minimum absolute atomic E-state index is 0.466. The van der Waals surface area contributed by atoms with E-state index in [-0.39, 0.29) is 0 Å². The zero-order chi connectivity index (χ0) is 11.8. The average Bonchev–Trinajstić information content (AvgIpc) is 2.68. The van der Waals surface area contributed by atoms with E-state index in [4.69, 9.17) is 21.5 Å². The molecule has 0 aliphatic heterocycles. The van der Waals surface area contributed by atoms with Crippen molar-refractivity contribution < 1.29 is 9.26 Å². The van der Waals surface area contributed by atoms with Crippen molar-refractivity contribution in [2.45, 2.75) is 19.9 Å². The Hall–Kier alpha value is -1.21. The van der Waals surface area contributed by atoms with Gasteiger partial charge < -0.3 is 19.9 Å². The number of nitrogens with one attached hydrogen (secondary N) is 2. The SMILES string of the molecule is COCCCNC(=S)NCc1noc(C)n1. The van der Waals surface area contributed by atoms with Crippen LogP contribution in [0.2, 0.25) is 0 Å². The Morgan fingerprint density at radius 2 is 2.31 bits per heavy atom. The highest BCUT2D eigenvalue weighted by Gasteiger charge is 2.02. The second kappa shape index (κ2) is 7.13. The maximum Gasteiger partial charge on any atom is 0.223 e. The Balaban J connectivity index is 2.10. The molecule has 1 aromatic heterocycles. The summed E-state index contributed by atoms with van der Waals surface area (Å²) in [7, 11) is 1.68. The van der Waals surface area contributed by atoms with Crippen LogP contribution in [0.25, 0.3) is 0 Å². The van der Waals surface area contributed by atoms with E-state index in [1.165, 1.54) is 0 Å². The van der Waals surface area contributed by atoms with Gasteiger partial charge in [0.05, 0.1) is 6.54 Å². The molecule has 0 spiro atoms. The van der Waals surface area contributed by atoms with Gasteiger partial charge in [-0.2, -0.15) is 4.98 Å². The van der Waals surface area contributed by atoms with Crippen LogP contribution in [-0.2, 0) is 11.3 Å². The lowest BCUT2D eigenvalue weighted by Gasteiger charge is -2.08. The lowest BCUT2D eigenvalue weighted by atomic mass is 10.4. The summed E-state index contributed by atoms with van der Waals surface area (Å²) in [5.41, 5.74) is 0. The van der Waals surface area contributed by atoms with Gasteiger partial charge in [-0.1, -0.05) is 5.16 Å². The second-order valence-electron chi connectivity index (χ2n) is 3.19. The van der Waals surface area contributed by atoms with Crippen molar-refractivity contribution in [1.82, 2.24) is 20.8 Å². The van der Waals surface area contributed by atoms with Crippen LogP contribution in [0.15, 0.2) is 4.52 Å². The van der Waals surface area contributed by atoms with Gasteiger partial charge in [0.2, 0.25) is 5.89 Å². The largest absolute Gasteiger partial charge is 0.385 e. The van der Waals surface area contributed by atoms with E-state index in [0.29, 0.717) is 23.4 Å². The second-order valence-corrected chi connectivity index (χ2v) is 3.59. The van der Waals surface area contributed by atoms with Gasteiger partial charge in [0, 0.05) is 27.2 Å². The minimum atomic E-state index is 0.466. The molecule has 0 bridgehead atoms. The zero-order valence-corrected chi connectivity index (χ0v) is 10.3. The van der Waals surface area contributed by atoms with Crippen LogP contribution in [0, 0.1) is 6.92 Å². The molecule has 0 fully saturated rings. The molecule has 1 rings (SSSR count). The first-order chi connectivity index (χ1) is 7.72. The molecule has 2 N–H and O–H groups in total. The molecule has 0 aromatic carbocycles. The summed E-state index contributed by atoms with van der Waals surface area (Å²) in [5, 5.41) is 10.4. The molecule has 0 atom stereocenters. The standard InChI is InChI=1S/C9H16N4O2S/c1-7-12-8(13-15-7)6-11-9(16)10-4-3-5-14-2/h3-6H2,1-2H3,(H2,10,11,16). The molecule has 0 aliphatic carbocycles. The van der Waals surface area contributed by atoms with Crippen molar-refractivity contribution in [3.8, 4) is 0 Å². The predicted molar refractivity (Wildman–Crippen MR) is 63.0 cm³/mol. The number of hydrogen-bond donors (Lipinski definition) is 2. The lowest BCUT2D eigenvalue weighted by molar-refractivity contribution is 0.195. The molecule has 6 nitrogen and oxygen atoms in total. The van der Waals surface area contributed by atoms with Gasteiger partial charge in [-0.05, 0) is 18.6 Å². The number of aryl methyl sites for hydroxylation is 1. The number of methoxy groups -OCH3 is 1. The monoisotopic (exact) mass is 244 g/mol. The fraction of sp³-hybridized carbons (Fsp3) is 0.667. The van der Waals surface area contributed by atoms with E-state index >= 15 is 0 Å². The molecule has 90 valence electrons. The third-order valence-electron chi connectivity index (χ3n) is 1.79. The smallest absolute Gasteiger partial charge is 0.223 e. The van der Waals surface area contributed by atoms with Crippen molar-refractivity contribution in [3.63, 3.8) is 0 Å². The van der Waals surface area contributed by atoms with Crippen molar-refractivity contribution in [1.29, 1.82) is 0 Å². The van der Waals surface area contributed by atoms with Crippen LogP contribution in [0.3, 0.4) is 0 Å². The Kier molecular flexibility index (Phi) is 5.73. The zero-order valence-electron chi connectivity index (χ0n) is 9.45. The van der Waals surface area contributed by atoms with Gasteiger partial charge in [-0.25, -0.2) is 0 Å². The highest BCUT2D eigenvalue weighted by atomic mass is 32.1. The number of rotatable bonds is 6. The fourth-order valence-electron chi connectivity index (χ4n) is 1.05. The van der Waals surface area contributed by atoms with E-state index in [2.05, 4.69) is 20.8 Å². The molecular formula is C9H16N4O2S. The molecule has 16 heavy (non-hydrogen) atoms. The predicted octanol–water partition coefficient (Wildman–Crippen LogP) is 0.379. The van der Waals surface area contributed by atoms with Crippen LogP contribution in [0.1, 0.15) is 18.1 Å². The van der Waals surface area contributed by atoms with Crippen molar-refractivity contribution in [3.05, 3.63) is 11.7 Å². The van der Waals surface area contributed by atoms with E-state index in [9.17, 15) is 0 Å². The Bertz CT molecular complexity index is 329. The first kappa shape index (κ1) is 12.9. The van der Waals surface area contributed by atoms with Gasteiger partial charge in [0.25, 0.3) is 0 Å². The Morgan fingerprint density at radius 3 is 2.94 bits per heavy atom. The molecule has 0 saturated heterocycles. The highest BCUT2D eigenvalue weighted by Crippen LogP contribution is 1.93. The van der Waals surface area contributed by atoms with Gasteiger partial charge in [0.1, 0.15) is 0 Å². The number of nitrogens with zero attached hydrogens (tertiary/aromatic N) is 2. The molecule has 0 aliphatic rings. The van der Waals surface area contributed by atoms with E-state index in [1.54, 1.807) is 14.0 Å². The lowest BCUT2D eigenvalue weighted by Crippen LogP contribution is -2.35. The maximum atomic E-state index is 5.06. The van der Waals surface area contributed by atoms with Gasteiger partial charge in [0.15, 0.2) is 10.9 Å². The van der Waals surface area contributed by atoms with E-state index in [0.717, 1.165) is 19.6 Å². The normalized spacial score (nSPS) is 10.1. The van der Waals surface area contributed by atoms with Crippen molar-refractivity contribution in [2.75, 3.05) is 20.3 Å². The molecule has 1 heterocycles. The summed E-state index contributed by atoms with van der Waals surface area (Å²) >= 11 is 5.06. The number of aromatic nitrogens is 2. The molecule has 1 aromatic rings. The minimum Gasteiger partial charge on any atom is -0.385 e. The summed E-state index contributed by atoms with van der Waals surface area (Å²) in [5.74, 6) is 1.15.